The summed E-state index contributed by atoms with van der Waals surface area (Å²) in [7, 11) is 2.01. The summed E-state index contributed by atoms with van der Waals surface area (Å²) in [6.45, 7) is 3.23. The zero-order chi connectivity index (χ0) is 22.4. The van der Waals surface area contributed by atoms with Gasteiger partial charge in [-0.3, -0.25) is 19.4 Å². The van der Waals surface area contributed by atoms with Gasteiger partial charge >= 0.3 is 0 Å². The lowest BCUT2D eigenvalue weighted by atomic mass is 9.95. The molecular formula is C25H22N4O3. The number of nitrogens with zero attached hydrogens (tertiary/aromatic N) is 3. The number of benzene rings is 2. The molecular weight excluding hydrogens is 404 g/mol. The number of likely N-dealkylation sites (N-methyl/N-ethyl adjacent to an activating group) is 1. The van der Waals surface area contributed by atoms with Gasteiger partial charge in [-0.1, -0.05) is 18.2 Å². The highest BCUT2D eigenvalue weighted by Crippen LogP contribution is 2.38. The molecule has 0 saturated carbocycles. The van der Waals surface area contributed by atoms with E-state index in [9.17, 15) is 14.4 Å². The van der Waals surface area contributed by atoms with E-state index < -0.39 is 0 Å². The molecule has 0 fully saturated rings. The number of aryl methyl sites for hydroxylation is 1. The van der Waals surface area contributed by atoms with Gasteiger partial charge in [0, 0.05) is 25.0 Å². The number of hydrogen-bond acceptors (Lipinski definition) is 5. The van der Waals surface area contributed by atoms with Crippen molar-refractivity contribution in [3.05, 3.63) is 88.2 Å². The van der Waals surface area contributed by atoms with Crippen LogP contribution < -0.4 is 10.2 Å². The molecule has 7 nitrogen and oxygen atoms in total. The lowest BCUT2D eigenvalue weighted by Crippen LogP contribution is -2.34. The summed E-state index contributed by atoms with van der Waals surface area (Å²) in [5.74, 6) is -0.903. The highest BCUT2D eigenvalue weighted by atomic mass is 16.2. The van der Waals surface area contributed by atoms with Gasteiger partial charge in [0.2, 0.25) is 0 Å². The predicted octanol–water partition coefficient (Wildman–Crippen LogP) is 3.43. The minimum Gasteiger partial charge on any atom is -0.320 e. The molecule has 3 amide bonds. The Balaban J connectivity index is 1.56. The molecule has 0 unspecified atom stereocenters. The average molecular weight is 426 g/mol. The number of fused-ring (bicyclic) bond motifs is 2. The highest BCUT2D eigenvalue weighted by molar-refractivity contribution is 6.35. The molecule has 5 rings (SSSR count). The summed E-state index contributed by atoms with van der Waals surface area (Å²) in [6, 6.07) is 14.0. The summed E-state index contributed by atoms with van der Waals surface area (Å²) < 4.78 is 0. The predicted molar refractivity (Wildman–Crippen MR) is 121 cm³/mol. The number of aromatic nitrogens is 1. The Morgan fingerprint density at radius 3 is 2.59 bits per heavy atom. The first kappa shape index (κ1) is 20.1. The van der Waals surface area contributed by atoms with Crippen molar-refractivity contribution < 1.29 is 14.4 Å². The van der Waals surface area contributed by atoms with Gasteiger partial charge in [0.15, 0.2) is 0 Å². The van der Waals surface area contributed by atoms with Crippen molar-refractivity contribution in [3.63, 3.8) is 0 Å². The van der Waals surface area contributed by atoms with Crippen molar-refractivity contribution >= 4 is 29.1 Å². The number of carbonyl (C=O) groups is 3. The van der Waals surface area contributed by atoms with Gasteiger partial charge in [0.25, 0.3) is 17.7 Å². The Kier molecular flexibility index (Phi) is 4.83. The molecule has 160 valence electrons. The van der Waals surface area contributed by atoms with E-state index in [1.165, 1.54) is 4.90 Å². The minimum absolute atomic E-state index is 0.297. The van der Waals surface area contributed by atoms with Crippen LogP contribution in [-0.4, -0.2) is 41.2 Å². The molecule has 1 N–H and O–H groups in total. The lowest BCUT2D eigenvalue weighted by molar-refractivity contribution is 0.0924. The largest absolute Gasteiger partial charge is 0.320 e. The van der Waals surface area contributed by atoms with E-state index >= 15 is 0 Å². The second kappa shape index (κ2) is 7.69. The van der Waals surface area contributed by atoms with Gasteiger partial charge in [0.1, 0.15) is 5.69 Å². The number of carbonyl (C=O) groups excluding carboxylic acids is 3. The summed E-state index contributed by atoms with van der Waals surface area (Å²) in [4.78, 5) is 46.7. The average Bonchev–Trinajstić information content (AvgIpc) is 3.05. The fourth-order valence-corrected chi connectivity index (χ4v) is 4.47. The van der Waals surface area contributed by atoms with Crippen LogP contribution in [0.2, 0.25) is 0 Å². The minimum atomic E-state index is -0.305. The summed E-state index contributed by atoms with van der Waals surface area (Å²) >= 11 is 0. The molecule has 2 aliphatic rings. The molecule has 1 aromatic heterocycles. The smallest absolute Gasteiger partial charge is 0.274 e. The molecule has 3 aromatic rings. The van der Waals surface area contributed by atoms with E-state index in [0.29, 0.717) is 41.2 Å². The molecule has 7 heteroatoms. The quantitative estimate of drug-likeness (QED) is 0.649. The third kappa shape index (κ3) is 3.18. The first-order valence-corrected chi connectivity index (χ1v) is 10.5. The Morgan fingerprint density at radius 1 is 1.00 bits per heavy atom. The fraction of sp³-hybridized carbons (Fsp3) is 0.200. The van der Waals surface area contributed by atoms with Crippen LogP contribution in [0.25, 0.3) is 0 Å². The van der Waals surface area contributed by atoms with E-state index in [0.717, 1.165) is 23.2 Å². The van der Waals surface area contributed by atoms with Gasteiger partial charge in [-0.25, -0.2) is 4.90 Å². The van der Waals surface area contributed by atoms with Gasteiger partial charge in [0.05, 0.1) is 16.8 Å². The van der Waals surface area contributed by atoms with Crippen LogP contribution >= 0.6 is 0 Å². The van der Waals surface area contributed by atoms with Gasteiger partial charge in [-0.2, -0.15) is 0 Å². The number of nitrogens with one attached hydrogen (secondary N) is 1. The van der Waals surface area contributed by atoms with Crippen LogP contribution in [-0.2, 0) is 13.0 Å². The second-order valence-electron chi connectivity index (χ2n) is 8.19. The first-order chi connectivity index (χ1) is 15.5. The van der Waals surface area contributed by atoms with Crippen molar-refractivity contribution in [3.8, 4) is 0 Å². The summed E-state index contributed by atoms with van der Waals surface area (Å²) in [6.07, 6.45) is 2.24. The molecule has 0 aliphatic carbocycles. The summed E-state index contributed by atoms with van der Waals surface area (Å²) in [5.41, 5.74) is 5.09. The van der Waals surface area contributed by atoms with Crippen molar-refractivity contribution in [1.82, 2.24) is 9.88 Å². The van der Waals surface area contributed by atoms with Crippen LogP contribution in [0.5, 0.6) is 0 Å². The van der Waals surface area contributed by atoms with Crippen LogP contribution in [0.15, 0.2) is 54.7 Å². The zero-order valence-corrected chi connectivity index (χ0v) is 17.9. The molecule has 0 radical (unpaired) electrons. The Labute approximate surface area is 185 Å². The van der Waals surface area contributed by atoms with E-state index in [1.54, 1.807) is 48.7 Å². The molecule has 3 heterocycles. The monoisotopic (exact) mass is 426 g/mol. The van der Waals surface area contributed by atoms with Crippen LogP contribution in [0.4, 0.5) is 11.4 Å². The van der Waals surface area contributed by atoms with Gasteiger partial charge in [-0.15, -0.1) is 0 Å². The number of imide groups is 1. The van der Waals surface area contributed by atoms with E-state index in [2.05, 4.69) is 15.2 Å². The molecule has 32 heavy (non-hydrogen) atoms. The van der Waals surface area contributed by atoms with Crippen LogP contribution in [0.3, 0.4) is 0 Å². The maximum atomic E-state index is 13.2. The molecule has 0 atom stereocenters. The number of amides is 3. The van der Waals surface area contributed by atoms with Gasteiger partial charge < -0.3 is 10.2 Å². The normalized spacial score (nSPS) is 15.5. The maximum absolute atomic E-state index is 13.2. The zero-order valence-electron chi connectivity index (χ0n) is 17.9. The van der Waals surface area contributed by atoms with Crippen LogP contribution in [0.1, 0.15) is 47.9 Å². The molecule has 0 bridgehead atoms. The standard InChI is InChI=1S/C25H22N4O3/c1-15-6-5-7-17-22(15)25(32)29(24(17)31)21-10-9-19(18-14-28(2)13-11-16(18)21)27-23(30)20-8-3-4-12-26-20/h3-10,12H,11,13-14H2,1-2H3,(H,27,30). The third-order valence-electron chi connectivity index (χ3n) is 6.09. The Hall–Kier alpha value is -3.84. The SMILES string of the molecule is Cc1cccc2c1C(=O)N(c1ccc(NC(=O)c3ccccn3)c3c1CCN(C)C3)C2=O. The van der Waals surface area contributed by atoms with E-state index in [-0.39, 0.29) is 17.7 Å². The van der Waals surface area contributed by atoms with Crippen molar-refractivity contribution in [1.29, 1.82) is 0 Å². The number of pyridine rings is 1. The third-order valence-corrected chi connectivity index (χ3v) is 6.09. The summed E-state index contributed by atoms with van der Waals surface area (Å²) in [5, 5.41) is 2.96. The molecule has 2 aromatic carbocycles. The van der Waals surface area contributed by atoms with E-state index in [4.69, 9.17) is 0 Å². The second-order valence-corrected chi connectivity index (χ2v) is 8.19. The number of hydrogen-bond donors (Lipinski definition) is 1. The van der Waals surface area contributed by atoms with Crippen LogP contribution in [0, 0.1) is 6.92 Å². The van der Waals surface area contributed by atoms with Crippen molar-refractivity contribution in [2.75, 3.05) is 23.8 Å². The molecule has 0 spiro atoms. The van der Waals surface area contributed by atoms with E-state index in [1.807, 2.05) is 20.0 Å². The highest BCUT2D eigenvalue weighted by Gasteiger charge is 2.39. The first-order valence-electron chi connectivity index (χ1n) is 10.5. The Bertz CT molecular complexity index is 1270. The van der Waals surface area contributed by atoms with Crippen molar-refractivity contribution in [2.45, 2.75) is 19.9 Å². The topological polar surface area (TPSA) is 82.6 Å². The maximum Gasteiger partial charge on any atom is 0.274 e. The lowest BCUT2D eigenvalue weighted by Gasteiger charge is -2.30. The Morgan fingerprint density at radius 2 is 1.84 bits per heavy atom. The molecule has 0 saturated heterocycles. The van der Waals surface area contributed by atoms with Crippen molar-refractivity contribution in [2.24, 2.45) is 0 Å². The number of anilines is 2. The molecule has 2 aliphatic heterocycles. The fourth-order valence-electron chi connectivity index (χ4n) is 4.47. The number of rotatable bonds is 3. The van der Waals surface area contributed by atoms with Gasteiger partial charge in [-0.05, 0) is 67.4 Å².